The molecule has 0 radical (unpaired) electrons. The Morgan fingerprint density at radius 1 is 1.03 bits per heavy atom. The van der Waals surface area contributed by atoms with Gasteiger partial charge >= 0.3 is 0 Å². The number of para-hydroxylation sites is 1. The number of hydrogen-bond donors (Lipinski definition) is 1. The van der Waals surface area contributed by atoms with Gasteiger partial charge in [0, 0.05) is 40.5 Å². The number of nitrogens with one attached hydrogen (secondary N) is 1. The predicted molar refractivity (Wildman–Crippen MR) is 116 cm³/mol. The van der Waals surface area contributed by atoms with Crippen LogP contribution < -0.4 is 4.83 Å². The summed E-state index contributed by atoms with van der Waals surface area (Å²) in [5.74, 6) is 0. The Balaban J connectivity index is 1.63. The molecule has 4 rings (SSSR count). The Kier molecular flexibility index (Phi) is 4.96. The third-order valence-electron chi connectivity index (χ3n) is 4.84. The van der Waals surface area contributed by atoms with Crippen molar-refractivity contribution in [1.29, 1.82) is 0 Å². The van der Waals surface area contributed by atoms with E-state index in [1.807, 2.05) is 30.3 Å². The molecular weight excluding hydrogens is 404 g/mol. The van der Waals surface area contributed by atoms with Crippen molar-refractivity contribution in [2.75, 3.05) is 0 Å². The fourth-order valence-electron chi connectivity index (χ4n) is 3.48. The number of hydrogen-bond acceptors (Lipinski definition) is 5. The second-order valence-electron chi connectivity index (χ2n) is 6.65. The number of rotatable bonds is 6. The van der Waals surface area contributed by atoms with Crippen LogP contribution in [-0.2, 0) is 16.6 Å². The minimum atomic E-state index is -4.02. The van der Waals surface area contributed by atoms with Gasteiger partial charge in [-0.15, -0.1) is 0 Å². The van der Waals surface area contributed by atoms with E-state index in [9.17, 15) is 18.5 Å². The molecule has 1 aromatic heterocycles. The smallest absolute Gasteiger partial charge is 0.276 e. The number of aryl methyl sites for hydroxylation is 1. The summed E-state index contributed by atoms with van der Waals surface area (Å²) in [5.41, 5.74) is 2.64. The minimum Gasteiger partial charge on any atom is -0.341 e. The van der Waals surface area contributed by atoms with E-state index >= 15 is 0 Å². The number of nitro groups is 1. The van der Waals surface area contributed by atoms with Crippen LogP contribution in [0.25, 0.3) is 21.8 Å². The Morgan fingerprint density at radius 2 is 1.80 bits per heavy atom. The van der Waals surface area contributed by atoms with Gasteiger partial charge in [-0.1, -0.05) is 30.3 Å². The molecule has 4 aromatic rings. The lowest BCUT2D eigenvalue weighted by atomic mass is 10.1. The highest BCUT2D eigenvalue weighted by Gasteiger charge is 2.16. The zero-order valence-corrected chi connectivity index (χ0v) is 16.8. The maximum atomic E-state index is 12.4. The first-order valence-electron chi connectivity index (χ1n) is 9.21. The van der Waals surface area contributed by atoms with Crippen molar-refractivity contribution in [1.82, 2.24) is 9.40 Å². The van der Waals surface area contributed by atoms with E-state index < -0.39 is 14.9 Å². The minimum absolute atomic E-state index is 0.227. The molecular formula is C21H18N4O4S. The Hall–Kier alpha value is -3.72. The number of aromatic nitrogens is 1. The maximum absolute atomic E-state index is 12.4. The molecule has 1 N–H and O–H groups in total. The average Bonchev–Trinajstić information content (AvgIpc) is 3.07. The number of non-ortho nitro benzene ring substituents is 1. The summed E-state index contributed by atoms with van der Waals surface area (Å²) in [6.45, 7) is 2.92. The van der Waals surface area contributed by atoms with Crippen molar-refractivity contribution >= 4 is 43.7 Å². The van der Waals surface area contributed by atoms with Crippen molar-refractivity contribution in [2.24, 2.45) is 5.10 Å². The number of sulfonamides is 1. The zero-order valence-electron chi connectivity index (χ0n) is 16.0. The summed E-state index contributed by atoms with van der Waals surface area (Å²) >= 11 is 0. The predicted octanol–water partition coefficient (Wildman–Crippen LogP) is 4.04. The lowest BCUT2D eigenvalue weighted by Crippen LogP contribution is -2.18. The van der Waals surface area contributed by atoms with Crippen LogP contribution >= 0.6 is 0 Å². The van der Waals surface area contributed by atoms with Gasteiger partial charge in [0.05, 0.1) is 16.0 Å². The summed E-state index contributed by atoms with van der Waals surface area (Å²) in [4.78, 5) is 12.1. The maximum Gasteiger partial charge on any atom is 0.276 e. The Labute approximate surface area is 172 Å². The Morgan fingerprint density at radius 3 is 2.57 bits per heavy atom. The second-order valence-corrected chi connectivity index (χ2v) is 8.31. The molecule has 0 fully saturated rings. The molecule has 1 heterocycles. The largest absolute Gasteiger partial charge is 0.341 e. The molecule has 0 amide bonds. The van der Waals surface area contributed by atoms with E-state index in [4.69, 9.17) is 0 Å². The van der Waals surface area contributed by atoms with Crippen molar-refractivity contribution in [2.45, 2.75) is 18.4 Å². The topological polar surface area (TPSA) is 107 Å². The number of benzene rings is 3. The van der Waals surface area contributed by atoms with Gasteiger partial charge in [-0.2, -0.15) is 13.5 Å². The second kappa shape index (κ2) is 7.60. The number of nitro benzene ring substituents is 1. The molecule has 0 aliphatic rings. The SMILES string of the molecule is CCn1c2ccccc2c2cc(/C=N/NS(=O)(=O)c3cccc([N+](=O)[O-])c3)ccc21. The van der Waals surface area contributed by atoms with Crippen LogP contribution in [0, 0.1) is 10.1 Å². The highest BCUT2D eigenvalue weighted by molar-refractivity contribution is 7.89. The zero-order chi connectivity index (χ0) is 21.3. The molecule has 3 aromatic carbocycles. The molecule has 0 spiro atoms. The normalized spacial score (nSPS) is 12.0. The molecule has 30 heavy (non-hydrogen) atoms. The molecule has 0 atom stereocenters. The van der Waals surface area contributed by atoms with E-state index in [-0.39, 0.29) is 10.6 Å². The number of fused-ring (bicyclic) bond motifs is 3. The molecule has 0 aliphatic heterocycles. The van der Waals surface area contributed by atoms with Crippen molar-refractivity contribution in [3.05, 3.63) is 82.4 Å². The molecule has 0 saturated carbocycles. The molecule has 0 aliphatic carbocycles. The van der Waals surface area contributed by atoms with Crippen LogP contribution in [0.5, 0.6) is 0 Å². The van der Waals surface area contributed by atoms with Crippen LogP contribution in [0.2, 0.25) is 0 Å². The van der Waals surface area contributed by atoms with Gasteiger partial charge in [-0.25, -0.2) is 4.83 Å². The molecule has 152 valence electrons. The van der Waals surface area contributed by atoms with Crippen LogP contribution in [0.15, 0.2) is 76.7 Å². The third-order valence-corrected chi connectivity index (χ3v) is 6.06. The monoisotopic (exact) mass is 422 g/mol. The molecule has 0 unspecified atom stereocenters. The average molecular weight is 422 g/mol. The van der Waals surface area contributed by atoms with Crippen LogP contribution in [-0.4, -0.2) is 24.1 Å². The van der Waals surface area contributed by atoms with Crippen molar-refractivity contribution in [3.63, 3.8) is 0 Å². The van der Waals surface area contributed by atoms with Crippen LogP contribution in [0.3, 0.4) is 0 Å². The highest BCUT2D eigenvalue weighted by Crippen LogP contribution is 2.29. The molecule has 0 bridgehead atoms. The van der Waals surface area contributed by atoms with Gasteiger partial charge in [-0.3, -0.25) is 10.1 Å². The lowest BCUT2D eigenvalue weighted by Gasteiger charge is -2.04. The van der Waals surface area contributed by atoms with Gasteiger partial charge in [0.2, 0.25) is 0 Å². The van der Waals surface area contributed by atoms with E-state index in [2.05, 4.69) is 33.6 Å². The van der Waals surface area contributed by atoms with Gasteiger partial charge in [0.25, 0.3) is 15.7 Å². The fraction of sp³-hybridized carbons (Fsp3) is 0.0952. The molecule has 8 nitrogen and oxygen atoms in total. The summed E-state index contributed by atoms with van der Waals surface area (Å²) in [6, 6.07) is 18.7. The first kappa shape index (κ1) is 19.6. The van der Waals surface area contributed by atoms with Gasteiger partial charge in [-0.05, 0) is 36.8 Å². The molecule has 0 saturated heterocycles. The van der Waals surface area contributed by atoms with Crippen LogP contribution in [0.4, 0.5) is 5.69 Å². The van der Waals surface area contributed by atoms with Gasteiger partial charge in [0.15, 0.2) is 0 Å². The fourth-order valence-corrected chi connectivity index (χ4v) is 4.31. The summed E-state index contributed by atoms with van der Waals surface area (Å²) in [6.07, 6.45) is 1.41. The van der Waals surface area contributed by atoms with Gasteiger partial charge in [0.1, 0.15) is 0 Å². The molecule has 9 heteroatoms. The number of hydrazone groups is 1. The van der Waals surface area contributed by atoms with E-state index in [1.54, 1.807) is 0 Å². The summed E-state index contributed by atoms with van der Waals surface area (Å²) < 4.78 is 27.0. The van der Waals surface area contributed by atoms with Gasteiger partial charge < -0.3 is 4.57 Å². The first-order chi connectivity index (χ1) is 14.4. The lowest BCUT2D eigenvalue weighted by molar-refractivity contribution is -0.385. The first-order valence-corrected chi connectivity index (χ1v) is 10.7. The van der Waals surface area contributed by atoms with E-state index in [0.717, 1.165) is 40.0 Å². The quantitative estimate of drug-likeness (QED) is 0.287. The van der Waals surface area contributed by atoms with Crippen LogP contribution in [0.1, 0.15) is 12.5 Å². The summed E-state index contributed by atoms with van der Waals surface area (Å²) in [7, 11) is -4.02. The Bertz CT molecular complexity index is 1410. The highest BCUT2D eigenvalue weighted by atomic mass is 32.2. The summed E-state index contributed by atoms with van der Waals surface area (Å²) in [5, 5.41) is 16.9. The third kappa shape index (κ3) is 3.50. The standard InChI is InChI=1S/C21H18N4O4S/c1-2-24-20-9-4-3-8-18(20)19-12-15(10-11-21(19)24)14-22-23-30(28,29)17-7-5-6-16(13-17)25(26)27/h3-14,23H,2H2,1H3/b22-14+. The van der Waals surface area contributed by atoms with Crippen molar-refractivity contribution < 1.29 is 13.3 Å². The van der Waals surface area contributed by atoms with E-state index in [0.29, 0.717) is 0 Å². The van der Waals surface area contributed by atoms with E-state index in [1.165, 1.54) is 24.4 Å². The van der Waals surface area contributed by atoms with Crippen molar-refractivity contribution in [3.8, 4) is 0 Å². The number of nitrogens with zero attached hydrogens (tertiary/aromatic N) is 3.